The predicted molar refractivity (Wildman–Crippen MR) is 108 cm³/mol. The van der Waals surface area contributed by atoms with Crippen LogP contribution in [0.5, 0.6) is 17.2 Å². The van der Waals surface area contributed by atoms with Gasteiger partial charge in [0.1, 0.15) is 5.75 Å². The predicted octanol–water partition coefficient (Wildman–Crippen LogP) is 3.04. The molecule has 2 aromatic rings. The molecule has 6 nitrogen and oxygen atoms in total. The Labute approximate surface area is 166 Å². The van der Waals surface area contributed by atoms with Gasteiger partial charge in [0.15, 0.2) is 18.1 Å². The van der Waals surface area contributed by atoms with E-state index < -0.39 is 0 Å². The first-order chi connectivity index (χ1) is 13.7. The van der Waals surface area contributed by atoms with E-state index in [1.54, 1.807) is 26.4 Å². The van der Waals surface area contributed by atoms with Gasteiger partial charge in [-0.15, -0.1) is 0 Å². The lowest BCUT2D eigenvalue weighted by molar-refractivity contribution is -0.123. The number of ether oxygens (including phenoxy) is 3. The van der Waals surface area contributed by atoms with Crippen LogP contribution in [0.25, 0.3) is 0 Å². The standard InChI is InChI=1S/C22H28N2O4/c1-26-19-10-4-3-9-17(19)18(24-13-7-8-14-24)15-23-22(25)16-28-21-12-6-5-11-20(21)27-2/h3-6,9-12,18H,7-8,13-16H2,1-2H3,(H,23,25). The smallest absolute Gasteiger partial charge is 0.258 e. The highest BCUT2D eigenvalue weighted by molar-refractivity contribution is 5.77. The minimum absolute atomic E-state index is 0.0565. The summed E-state index contributed by atoms with van der Waals surface area (Å²) in [6.07, 6.45) is 2.35. The number of rotatable bonds is 9. The van der Waals surface area contributed by atoms with Crippen molar-refractivity contribution in [1.82, 2.24) is 10.2 Å². The van der Waals surface area contributed by atoms with Crippen LogP contribution in [-0.4, -0.2) is 51.3 Å². The molecule has 1 N–H and O–H groups in total. The lowest BCUT2D eigenvalue weighted by Crippen LogP contribution is -2.38. The van der Waals surface area contributed by atoms with Gasteiger partial charge in [-0.25, -0.2) is 0 Å². The molecule has 2 aromatic carbocycles. The van der Waals surface area contributed by atoms with Crippen molar-refractivity contribution in [2.45, 2.75) is 18.9 Å². The topological polar surface area (TPSA) is 60.0 Å². The molecule has 0 radical (unpaired) electrons. The third-order valence-corrected chi connectivity index (χ3v) is 5.00. The normalized spacial score (nSPS) is 15.1. The van der Waals surface area contributed by atoms with E-state index in [1.807, 2.05) is 30.3 Å². The number of hydrogen-bond donors (Lipinski definition) is 1. The van der Waals surface area contributed by atoms with E-state index in [0.29, 0.717) is 18.0 Å². The van der Waals surface area contributed by atoms with Gasteiger partial charge in [0.05, 0.1) is 20.3 Å². The van der Waals surface area contributed by atoms with Gasteiger partial charge in [0.2, 0.25) is 0 Å². The zero-order valence-corrected chi connectivity index (χ0v) is 16.5. The second kappa shape index (κ2) is 9.99. The third kappa shape index (κ3) is 4.95. The van der Waals surface area contributed by atoms with E-state index in [-0.39, 0.29) is 18.6 Å². The van der Waals surface area contributed by atoms with Crippen LogP contribution >= 0.6 is 0 Å². The molecule has 3 rings (SSSR count). The summed E-state index contributed by atoms with van der Waals surface area (Å²) in [5.41, 5.74) is 1.10. The second-order valence-electron chi connectivity index (χ2n) is 6.74. The molecular formula is C22H28N2O4. The highest BCUT2D eigenvalue weighted by atomic mass is 16.5. The number of hydrogen-bond acceptors (Lipinski definition) is 5. The summed E-state index contributed by atoms with van der Waals surface area (Å²) in [6, 6.07) is 15.4. The molecule has 1 amide bonds. The highest BCUT2D eigenvalue weighted by Gasteiger charge is 2.26. The summed E-state index contributed by atoms with van der Waals surface area (Å²) in [4.78, 5) is 14.8. The lowest BCUT2D eigenvalue weighted by atomic mass is 10.0. The first-order valence-electron chi connectivity index (χ1n) is 9.62. The number of carbonyl (C=O) groups excluding carboxylic acids is 1. The van der Waals surface area contributed by atoms with Crippen LogP contribution in [-0.2, 0) is 4.79 Å². The molecule has 6 heteroatoms. The molecule has 28 heavy (non-hydrogen) atoms. The summed E-state index contributed by atoms with van der Waals surface area (Å²) in [6.45, 7) is 2.50. The monoisotopic (exact) mass is 384 g/mol. The molecule has 1 aliphatic heterocycles. The van der Waals surface area contributed by atoms with Crippen LogP contribution in [0, 0.1) is 0 Å². The number of para-hydroxylation sites is 3. The van der Waals surface area contributed by atoms with Crippen LogP contribution in [0.3, 0.4) is 0 Å². The highest BCUT2D eigenvalue weighted by Crippen LogP contribution is 2.31. The quantitative estimate of drug-likeness (QED) is 0.720. The van der Waals surface area contributed by atoms with Crippen LogP contribution in [0.2, 0.25) is 0 Å². The Morgan fingerprint density at radius 3 is 2.25 bits per heavy atom. The number of benzene rings is 2. The fourth-order valence-corrected chi connectivity index (χ4v) is 3.57. The summed E-state index contributed by atoms with van der Waals surface area (Å²) >= 11 is 0. The van der Waals surface area contributed by atoms with Crippen molar-refractivity contribution >= 4 is 5.91 Å². The summed E-state index contributed by atoms with van der Waals surface area (Å²) in [5.74, 6) is 1.85. The van der Waals surface area contributed by atoms with Crippen molar-refractivity contribution in [2.75, 3.05) is 40.5 Å². The Balaban J connectivity index is 1.62. The largest absolute Gasteiger partial charge is 0.496 e. The summed E-state index contributed by atoms with van der Waals surface area (Å²) < 4.78 is 16.4. The zero-order chi connectivity index (χ0) is 19.8. The molecule has 1 unspecified atom stereocenters. The van der Waals surface area contributed by atoms with E-state index in [2.05, 4.69) is 16.3 Å². The molecule has 1 aliphatic rings. The van der Waals surface area contributed by atoms with E-state index in [4.69, 9.17) is 14.2 Å². The Bertz CT molecular complexity index is 775. The van der Waals surface area contributed by atoms with Crippen LogP contribution in [0.1, 0.15) is 24.4 Å². The van der Waals surface area contributed by atoms with Crippen molar-refractivity contribution in [3.63, 3.8) is 0 Å². The second-order valence-corrected chi connectivity index (χ2v) is 6.74. The number of nitrogens with zero attached hydrogens (tertiary/aromatic N) is 1. The van der Waals surface area contributed by atoms with Crippen molar-refractivity contribution in [3.05, 3.63) is 54.1 Å². The maximum absolute atomic E-state index is 12.4. The van der Waals surface area contributed by atoms with Crippen LogP contribution in [0.15, 0.2) is 48.5 Å². The fraction of sp³-hybridized carbons (Fsp3) is 0.409. The Morgan fingerprint density at radius 2 is 1.57 bits per heavy atom. The minimum Gasteiger partial charge on any atom is -0.496 e. The molecule has 1 atom stereocenters. The van der Waals surface area contributed by atoms with Crippen LogP contribution in [0.4, 0.5) is 0 Å². The molecule has 0 spiro atoms. The van der Waals surface area contributed by atoms with Gasteiger partial charge < -0.3 is 19.5 Å². The molecule has 1 fully saturated rings. The SMILES string of the molecule is COc1ccccc1OCC(=O)NCC(c1ccccc1OC)N1CCCC1. The molecular weight excluding hydrogens is 356 g/mol. The van der Waals surface area contributed by atoms with Gasteiger partial charge in [-0.1, -0.05) is 30.3 Å². The Kier molecular flexibility index (Phi) is 7.14. The number of nitrogens with one attached hydrogen (secondary N) is 1. The molecule has 0 aliphatic carbocycles. The average Bonchev–Trinajstić information content (AvgIpc) is 3.27. The molecule has 0 bridgehead atoms. The van der Waals surface area contributed by atoms with Crippen molar-refractivity contribution in [3.8, 4) is 17.2 Å². The first kappa shape index (κ1) is 20.0. The molecule has 150 valence electrons. The van der Waals surface area contributed by atoms with Gasteiger partial charge in [-0.3, -0.25) is 9.69 Å². The van der Waals surface area contributed by atoms with Gasteiger partial charge >= 0.3 is 0 Å². The third-order valence-electron chi connectivity index (χ3n) is 5.00. The van der Waals surface area contributed by atoms with E-state index in [0.717, 1.165) is 24.4 Å². The van der Waals surface area contributed by atoms with E-state index in [9.17, 15) is 4.79 Å². The van der Waals surface area contributed by atoms with Gasteiger partial charge in [-0.2, -0.15) is 0 Å². The van der Waals surface area contributed by atoms with Crippen molar-refractivity contribution < 1.29 is 19.0 Å². The number of carbonyl (C=O) groups is 1. The Morgan fingerprint density at radius 1 is 0.964 bits per heavy atom. The van der Waals surface area contributed by atoms with E-state index in [1.165, 1.54) is 12.8 Å². The lowest BCUT2D eigenvalue weighted by Gasteiger charge is -2.29. The van der Waals surface area contributed by atoms with Crippen molar-refractivity contribution in [1.29, 1.82) is 0 Å². The summed E-state index contributed by atoms with van der Waals surface area (Å²) in [5, 5.41) is 3.02. The Hall–Kier alpha value is -2.73. The van der Waals surface area contributed by atoms with Gasteiger partial charge in [0.25, 0.3) is 5.91 Å². The molecule has 1 saturated heterocycles. The maximum Gasteiger partial charge on any atom is 0.258 e. The summed E-state index contributed by atoms with van der Waals surface area (Å²) in [7, 11) is 3.26. The van der Waals surface area contributed by atoms with Gasteiger partial charge in [0, 0.05) is 12.1 Å². The fourth-order valence-electron chi connectivity index (χ4n) is 3.57. The van der Waals surface area contributed by atoms with Gasteiger partial charge in [-0.05, 0) is 44.1 Å². The average molecular weight is 384 g/mol. The van der Waals surface area contributed by atoms with Crippen molar-refractivity contribution in [2.24, 2.45) is 0 Å². The minimum atomic E-state index is -0.162. The first-order valence-corrected chi connectivity index (χ1v) is 9.62. The zero-order valence-electron chi connectivity index (χ0n) is 16.5. The molecule has 0 saturated carbocycles. The number of methoxy groups -OCH3 is 2. The number of amides is 1. The maximum atomic E-state index is 12.4. The van der Waals surface area contributed by atoms with Crippen LogP contribution < -0.4 is 19.5 Å². The molecule has 1 heterocycles. The number of likely N-dealkylation sites (tertiary alicyclic amines) is 1. The van der Waals surface area contributed by atoms with E-state index >= 15 is 0 Å². The molecule has 0 aromatic heterocycles.